The lowest BCUT2D eigenvalue weighted by atomic mass is 10.1. The molecule has 1 amide bonds. The summed E-state index contributed by atoms with van der Waals surface area (Å²) in [4.78, 5) is 27.0. The van der Waals surface area contributed by atoms with Crippen LogP contribution < -0.4 is 5.32 Å². The minimum atomic E-state index is -0.808. The molecular formula is C18H26FN3O3. The van der Waals surface area contributed by atoms with E-state index < -0.39 is 5.97 Å². The molecule has 7 heteroatoms. The predicted molar refractivity (Wildman–Crippen MR) is 94.0 cm³/mol. The van der Waals surface area contributed by atoms with E-state index >= 15 is 0 Å². The minimum absolute atomic E-state index is 0.0563. The third kappa shape index (κ3) is 6.80. The Morgan fingerprint density at radius 3 is 2.88 bits per heavy atom. The van der Waals surface area contributed by atoms with Crippen LogP contribution in [0.1, 0.15) is 25.7 Å². The molecule has 0 radical (unpaired) electrons. The van der Waals surface area contributed by atoms with Gasteiger partial charge in [-0.05, 0) is 57.6 Å². The van der Waals surface area contributed by atoms with Crippen LogP contribution in [-0.2, 0) is 9.59 Å². The highest BCUT2D eigenvalue weighted by Gasteiger charge is 2.21. The Bertz CT molecular complexity index is 597. The molecule has 0 bridgehead atoms. The Morgan fingerprint density at radius 1 is 1.36 bits per heavy atom. The summed E-state index contributed by atoms with van der Waals surface area (Å²) in [7, 11) is 1.85. The van der Waals surface area contributed by atoms with E-state index in [0.29, 0.717) is 18.7 Å². The average Bonchev–Trinajstić information content (AvgIpc) is 2.78. The first kappa shape index (κ1) is 19.3. The largest absolute Gasteiger partial charge is 0.480 e. The molecule has 1 aromatic carbocycles. The number of likely N-dealkylation sites (tertiary alicyclic amines) is 1. The predicted octanol–water partition coefficient (Wildman–Crippen LogP) is 2.03. The van der Waals surface area contributed by atoms with Gasteiger partial charge in [-0.25, -0.2) is 4.39 Å². The van der Waals surface area contributed by atoms with E-state index in [-0.39, 0.29) is 24.3 Å². The summed E-state index contributed by atoms with van der Waals surface area (Å²) < 4.78 is 13.1. The maximum absolute atomic E-state index is 13.1. The number of benzene rings is 1. The van der Waals surface area contributed by atoms with Gasteiger partial charge < -0.3 is 15.3 Å². The Hall–Kier alpha value is -1.99. The summed E-state index contributed by atoms with van der Waals surface area (Å²) >= 11 is 0. The Kier molecular flexibility index (Phi) is 7.33. The van der Waals surface area contributed by atoms with Gasteiger partial charge in [-0.15, -0.1) is 0 Å². The van der Waals surface area contributed by atoms with Gasteiger partial charge in [-0.2, -0.15) is 0 Å². The molecule has 2 N–H and O–H groups in total. The molecular weight excluding hydrogens is 325 g/mol. The molecule has 1 aliphatic rings. The number of nitrogens with zero attached hydrogens (tertiary/aromatic N) is 2. The zero-order valence-corrected chi connectivity index (χ0v) is 14.6. The van der Waals surface area contributed by atoms with Crippen molar-refractivity contribution in [1.29, 1.82) is 0 Å². The van der Waals surface area contributed by atoms with Crippen LogP contribution in [0.15, 0.2) is 24.3 Å². The molecule has 0 saturated carbocycles. The number of carboxylic acids is 1. The smallest absolute Gasteiger partial charge is 0.317 e. The lowest BCUT2D eigenvalue weighted by Crippen LogP contribution is -2.36. The maximum Gasteiger partial charge on any atom is 0.317 e. The molecule has 0 aliphatic carbocycles. The summed E-state index contributed by atoms with van der Waals surface area (Å²) in [5.74, 6) is -1.31. The highest BCUT2D eigenvalue weighted by atomic mass is 19.1. The molecule has 6 nitrogen and oxygen atoms in total. The van der Waals surface area contributed by atoms with Gasteiger partial charge in [0.25, 0.3) is 0 Å². The van der Waals surface area contributed by atoms with Crippen LogP contribution in [0.2, 0.25) is 0 Å². The van der Waals surface area contributed by atoms with E-state index in [0.717, 1.165) is 32.4 Å². The number of likely N-dealkylation sites (N-methyl/N-ethyl adjacent to an activating group) is 1. The summed E-state index contributed by atoms with van der Waals surface area (Å²) in [5.41, 5.74) is 0.469. The van der Waals surface area contributed by atoms with Crippen molar-refractivity contribution in [2.75, 3.05) is 38.5 Å². The lowest BCUT2D eigenvalue weighted by Gasteiger charge is -2.25. The second-order valence-electron chi connectivity index (χ2n) is 6.54. The molecule has 1 fully saturated rings. The molecule has 2 rings (SSSR count). The van der Waals surface area contributed by atoms with Crippen molar-refractivity contribution >= 4 is 17.6 Å². The van der Waals surface area contributed by atoms with Crippen molar-refractivity contribution in [3.63, 3.8) is 0 Å². The normalized spacial score (nSPS) is 18.8. The van der Waals surface area contributed by atoms with Crippen molar-refractivity contribution in [1.82, 2.24) is 9.80 Å². The Labute approximate surface area is 147 Å². The standard InChI is InChI=1S/C18H26FN3O3/c1-21(13-18(24)25)16-6-3-9-22(10-7-16)11-8-17(23)20-15-5-2-4-14(19)12-15/h2,4-5,12,16H,3,6-11,13H2,1H3,(H,20,23)(H,24,25). The number of hydrogen-bond acceptors (Lipinski definition) is 4. The molecule has 1 aliphatic heterocycles. The van der Waals surface area contributed by atoms with E-state index in [1.807, 2.05) is 11.9 Å². The average molecular weight is 351 g/mol. The highest BCUT2D eigenvalue weighted by Crippen LogP contribution is 2.16. The van der Waals surface area contributed by atoms with Crippen molar-refractivity contribution in [3.05, 3.63) is 30.1 Å². The molecule has 1 heterocycles. The van der Waals surface area contributed by atoms with Gasteiger partial charge in [0.1, 0.15) is 5.82 Å². The van der Waals surface area contributed by atoms with Gasteiger partial charge in [-0.1, -0.05) is 6.07 Å². The third-order valence-corrected chi connectivity index (χ3v) is 4.56. The summed E-state index contributed by atoms with van der Waals surface area (Å²) in [5, 5.41) is 11.6. The third-order valence-electron chi connectivity index (χ3n) is 4.56. The first-order valence-corrected chi connectivity index (χ1v) is 8.64. The Morgan fingerprint density at radius 2 is 2.16 bits per heavy atom. The van der Waals surface area contributed by atoms with Crippen molar-refractivity contribution in [2.24, 2.45) is 0 Å². The first-order valence-electron chi connectivity index (χ1n) is 8.64. The maximum atomic E-state index is 13.1. The van der Waals surface area contributed by atoms with Crippen LogP contribution in [0.5, 0.6) is 0 Å². The highest BCUT2D eigenvalue weighted by molar-refractivity contribution is 5.90. The van der Waals surface area contributed by atoms with Crippen LogP contribution in [0, 0.1) is 5.82 Å². The van der Waals surface area contributed by atoms with Crippen LogP contribution in [-0.4, -0.2) is 66.1 Å². The minimum Gasteiger partial charge on any atom is -0.480 e. The molecule has 0 aromatic heterocycles. The number of hydrogen-bond donors (Lipinski definition) is 2. The van der Waals surface area contributed by atoms with Gasteiger partial charge in [0.05, 0.1) is 6.54 Å². The number of nitrogens with one attached hydrogen (secondary N) is 1. The number of carboxylic acid groups (broad SMARTS) is 1. The molecule has 1 unspecified atom stereocenters. The second kappa shape index (κ2) is 9.48. The van der Waals surface area contributed by atoms with E-state index in [9.17, 15) is 14.0 Å². The van der Waals surface area contributed by atoms with E-state index in [2.05, 4.69) is 10.2 Å². The Balaban J connectivity index is 1.74. The van der Waals surface area contributed by atoms with Crippen molar-refractivity contribution < 1.29 is 19.1 Å². The summed E-state index contributed by atoms with van der Waals surface area (Å²) in [6.45, 7) is 2.46. The zero-order chi connectivity index (χ0) is 18.2. The lowest BCUT2D eigenvalue weighted by molar-refractivity contribution is -0.138. The number of halogens is 1. The van der Waals surface area contributed by atoms with Crippen LogP contribution >= 0.6 is 0 Å². The van der Waals surface area contributed by atoms with E-state index in [1.165, 1.54) is 12.1 Å². The number of rotatable bonds is 7. The molecule has 1 saturated heterocycles. The summed E-state index contributed by atoms with van der Waals surface area (Å²) in [6.07, 6.45) is 3.21. The molecule has 138 valence electrons. The number of anilines is 1. The SMILES string of the molecule is CN(CC(=O)O)C1CCCN(CCC(=O)Nc2cccc(F)c2)CC1. The fourth-order valence-corrected chi connectivity index (χ4v) is 3.19. The summed E-state index contributed by atoms with van der Waals surface area (Å²) in [6, 6.07) is 6.13. The molecule has 25 heavy (non-hydrogen) atoms. The molecule has 0 spiro atoms. The van der Waals surface area contributed by atoms with Crippen LogP contribution in [0.25, 0.3) is 0 Å². The number of carbonyl (C=O) groups is 2. The fourth-order valence-electron chi connectivity index (χ4n) is 3.19. The van der Waals surface area contributed by atoms with Gasteiger partial charge in [0, 0.05) is 24.7 Å². The molecule has 1 aromatic rings. The quantitative estimate of drug-likeness (QED) is 0.786. The zero-order valence-electron chi connectivity index (χ0n) is 14.6. The number of carbonyl (C=O) groups excluding carboxylic acids is 1. The van der Waals surface area contributed by atoms with Crippen LogP contribution in [0.3, 0.4) is 0 Å². The number of amides is 1. The monoisotopic (exact) mass is 351 g/mol. The van der Waals surface area contributed by atoms with Gasteiger partial charge in [0.15, 0.2) is 0 Å². The van der Waals surface area contributed by atoms with E-state index in [1.54, 1.807) is 12.1 Å². The van der Waals surface area contributed by atoms with E-state index in [4.69, 9.17) is 5.11 Å². The molecule has 1 atom stereocenters. The second-order valence-corrected chi connectivity index (χ2v) is 6.54. The topological polar surface area (TPSA) is 72.9 Å². The first-order chi connectivity index (χ1) is 11.9. The fraction of sp³-hybridized carbons (Fsp3) is 0.556. The van der Waals surface area contributed by atoms with Crippen LogP contribution in [0.4, 0.5) is 10.1 Å². The van der Waals surface area contributed by atoms with Gasteiger partial charge in [-0.3, -0.25) is 14.5 Å². The van der Waals surface area contributed by atoms with Crippen molar-refractivity contribution in [2.45, 2.75) is 31.7 Å². The van der Waals surface area contributed by atoms with Crippen molar-refractivity contribution in [3.8, 4) is 0 Å². The van der Waals surface area contributed by atoms with Gasteiger partial charge >= 0.3 is 5.97 Å². The van der Waals surface area contributed by atoms with Gasteiger partial charge in [0.2, 0.25) is 5.91 Å². The number of aliphatic carboxylic acids is 1.